The summed E-state index contributed by atoms with van der Waals surface area (Å²) in [5.41, 5.74) is 0.440. The molecule has 0 radical (unpaired) electrons. The number of ether oxygens (including phenoxy) is 1. The van der Waals surface area contributed by atoms with Crippen molar-refractivity contribution in [2.75, 3.05) is 19.6 Å². The number of unbranched alkanes of at least 4 members (excludes halogenated alkanes) is 1. The van der Waals surface area contributed by atoms with Crippen LogP contribution in [0.5, 0.6) is 11.5 Å². The van der Waals surface area contributed by atoms with Gasteiger partial charge in [-0.15, -0.1) is 0 Å². The number of nitrogens with zero attached hydrogens (tertiary/aromatic N) is 2. The first-order chi connectivity index (χ1) is 19.0. The Balaban J connectivity index is 1.19. The Hall–Kier alpha value is -2.93. The summed E-state index contributed by atoms with van der Waals surface area (Å²) < 4.78 is 19.0. The number of piperazine rings is 1. The largest absolute Gasteiger partial charge is 0.457 e. The van der Waals surface area contributed by atoms with E-state index in [4.69, 9.17) is 4.74 Å². The lowest BCUT2D eigenvalue weighted by atomic mass is 9.79. The van der Waals surface area contributed by atoms with Gasteiger partial charge in [0.2, 0.25) is 11.8 Å². The number of piperidine rings is 1. The van der Waals surface area contributed by atoms with Crippen LogP contribution in [0.25, 0.3) is 0 Å². The van der Waals surface area contributed by atoms with E-state index in [-0.39, 0.29) is 23.7 Å². The maximum atomic E-state index is 13.7. The van der Waals surface area contributed by atoms with Gasteiger partial charge in [-0.05, 0) is 73.6 Å². The van der Waals surface area contributed by atoms with Gasteiger partial charge in [0.05, 0.1) is 0 Å². The number of carbonyl (C=O) groups excluding carboxylic acids is 2. The van der Waals surface area contributed by atoms with E-state index in [1.807, 2.05) is 29.2 Å². The zero-order valence-corrected chi connectivity index (χ0v) is 23.2. The lowest BCUT2D eigenvalue weighted by Crippen LogP contribution is -2.73. The molecule has 2 saturated heterocycles. The summed E-state index contributed by atoms with van der Waals surface area (Å²) in [6.45, 7) is 5.12. The third kappa shape index (κ3) is 6.46. The second kappa shape index (κ2) is 12.5. The first kappa shape index (κ1) is 27.6. The molecule has 7 heteroatoms. The van der Waals surface area contributed by atoms with E-state index in [0.717, 1.165) is 44.5 Å². The lowest BCUT2D eigenvalue weighted by molar-refractivity contribution is -0.162. The van der Waals surface area contributed by atoms with Crippen LogP contribution in [-0.4, -0.2) is 52.8 Å². The highest BCUT2D eigenvalue weighted by Gasteiger charge is 2.53. The van der Waals surface area contributed by atoms with Crippen LogP contribution in [0.1, 0.15) is 76.7 Å². The van der Waals surface area contributed by atoms with E-state index in [0.29, 0.717) is 36.8 Å². The number of benzene rings is 2. The Bertz CT molecular complexity index is 1110. The van der Waals surface area contributed by atoms with Crippen molar-refractivity contribution < 1.29 is 18.7 Å². The van der Waals surface area contributed by atoms with Gasteiger partial charge in [-0.1, -0.05) is 57.6 Å². The monoisotopic (exact) mass is 535 g/mol. The molecule has 0 unspecified atom stereocenters. The molecule has 3 aliphatic rings. The summed E-state index contributed by atoms with van der Waals surface area (Å²) in [5, 5.41) is 3.19. The summed E-state index contributed by atoms with van der Waals surface area (Å²) in [7, 11) is 0. The summed E-state index contributed by atoms with van der Waals surface area (Å²) in [6.07, 6.45) is 10.2. The van der Waals surface area contributed by atoms with Crippen LogP contribution in [0.3, 0.4) is 0 Å². The molecule has 1 saturated carbocycles. The fourth-order valence-corrected chi connectivity index (χ4v) is 6.57. The van der Waals surface area contributed by atoms with Crippen molar-refractivity contribution in [3.63, 3.8) is 0 Å². The summed E-state index contributed by atoms with van der Waals surface area (Å²) in [6, 6.07) is 13.6. The van der Waals surface area contributed by atoms with Gasteiger partial charge in [0.1, 0.15) is 28.9 Å². The van der Waals surface area contributed by atoms with Crippen molar-refractivity contribution in [1.82, 2.24) is 15.1 Å². The maximum Gasteiger partial charge on any atom is 0.246 e. The molecule has 1 aliphatic carbocycles. The Morgan fingerprint density at radius 1 is 0.949 bits per heavy atom. The molecule has 3 fully saturated rings. The van der Waals surface area contributed by atoms with Crippen molar-refractivity contribution in [3.8, 4) is 11.5 Å². The minimum Gasteiger partial charge on any atom is -0.457 e. The molecule has 0 bridgehead atoms. The number of carbonyl (C=O) groups is 2. The molecule has 2 aromatic carbocycles. The number of hydrogen-bond donors (Lipinski definition) is 1. The smallest absolute Gasteiger partial charge is 0.246 e. The number of nitrogens with one attached hydrogen (secondary N) is 1. The molecule has 5 rings (SSSR count). The average molecular weight is 536 g/mol. The van der Waals surface area contributed by atoms with Gasteiger partial charge in [-0.2, -0.15) is 0 Å². The summed E-state index contributed by atoms with van der Waals surface area (Å²) >= 11 is 0. The molecule has 39 heavy (non-hydrogen) atoms. The average Bonchev–Trinajstić information content (AvgIpc) is 2.96. The minimum absolute atomic E-state index is 0.0564. The van der Waals surface area contributed by atoms with Gasteiger partial charge in [-0.25, -0.2) is 4.39 Å². The Morgan fingerprint density at radius 3 is 2.23 bits per heavy atom. The molecule has 1 N–H and O–H groups in total. The quantitative estimate of drug-likeness (QED) is 0.425. The van der Waals surface area contributed by atoms with Crippen LogP contribution in [0.15, 0.2) is 48.5 Å². The summed E-state index contributed by atoms with van der Waals surface area (Å²) in [5.74, 6) is 1.75. The van der Waals surface area contributed by atoms with Crippen molar-refractivity contribution in [3.05, 3.63) is 59.9 Å². The second-order valence-corrected chi connectivity index (χ2v) is 11.6. The zero-order valence-electron chi connectivity index (χ0n) is 23.2. The Labute approximate surface area is 231 Å². The van der Waals surface area contributed by atoms with Crippen molar-refractivity contribution in [1.29, 1.82) is 0 Å². The van der Waals surface area contributed by atoms with Gasteiger partial charge < -0.3 is 15.0 Å². The lowest BCUT2D eigenvalue weighted by Gasteiger charge is -2.52. The number of hydrogen-bond acceptors (Lipinski definition) is 4. The van der Waals surface area contributed by atoms with Crippen molar-refractivity contribution in [2.24, 2.45) is 5.92 Å². The summed E-state index contributed by atoms with van der Waals surface area (Å²) in [4.78, 5) is 31.7. The van der Waals surface area contributed by atoms with Gasteiger partial charge in [-0.3, -0.25) is 14.5 Å². The van der Waals surface area contributed by atoms with Crippen LogP contribution in [0, 0.1) is 11.7 Å². The molecule has 2 heterocycles. The minimum atomic E-state index is -0.724. The molecular weight excluding hydrogens is 493 g/mol. The standard InChI is InChI=1S/C32H42FN3O3/c1-2-3-19-36-30(37)29(22-24-7-5-4-6-8-24)34-31(38)32(36)17-20-35(21-18-32)23-25-9-13-27(14-10-25)39-28-15-11-26(33)12-16-28/h9-16,24,29H,2-8,17-23H2,1H3,(H,34,38)/t29-/m0/s1. The topological polar surface area (TPSA) is 61.9 Å². The highest BCUT2D eigenvalue weighted by molar-refractivity contribution is 6.00. The molecule has 2 amide bonds. The number of likely N-dealkylation sites (tertiary alicyclic amines) is 1. The number of rotatable bonds is 9. The van der Waals surface area contributed by atoms with E-state index in [9.17, 15) is 14.0 Å². The molecule has 1 atom stereocenters. The third-order valence-corrected chi connectivity index (χ3v) is 8.90. The zero-order chi connectivity index (χ0) is 27.2. The fraction of sp³-hybridized carbons (Fsp3) is 0.562. The highest BCUT2D eigenvalue weighted by Crippen LogP contribution is 2.36. The second-order valence-electron chi connectivity index (χ2n) is 11.6. The Kier molecular flexibility index (Phi) is 8.85. The molecule has 210 valence electrons. The van der Waals surface area contributed by atoms with E-state index in [1.165, 1.54) is 44.2 Å². The van der Waals surface area contributed by atoms with Gasteiger partial charge in [0, 0.05) is 26.2 Å². The van der Waals surface area contributed by atoms with E-state index >= 15 is 0 Å². The van der Waals surface area contributed by atoms with E-state index < -0.39 is 5.54 Å². The molecular formula is C32H42FN3O3. The van der Waals surface area contributed by atoms with Crippen LogP contribution in [0.2, 0.25) is 0 Å². The molecule has 2 aromatic rings. The van der Waals surface area contributed by atoms with Crippen LogP contribution in [0.4, 0.5) is 4.39 Å². The first-order valence-electron chi connectivity index (χ1n) is 14.8. The van der Waals surface area contributed by atoms with E-state index in [1.54, 1.807) is 12.1 Å². The van der Waals surface area contributed by atoms with Crippen molar-refractivity contribution >= 4 is 11.8 Å². The third-order valence-electron chi connectivity index (χ3n) is 8.90. The van der Waals surface area contributed by atoms with Gasteiger partial charge in [0.15, 0.2) is 0 Å². The normalized spacial score (nSPS) is 22.2. The molecule has 0 aromatic heterocycles. The predicted molar refractivity (Wildman–Crippen MR) is 150 cm³/mol. The fourth-order valence-electron chi connectivity index (χ4n) is 6.57. The highest BCUT2D eigenvalue weighted by atomic mass is 19.1. The van der Waals surface area contributed by atoms with Gasteiger partial charge in [0.25, 0.3) is 0 Å². The Morgan fingerprint density at radius 2 is 1.59 bits per heavy atom. The molecule has 1 spiro atoms. The number of amides is 2. The van der Waals surface area contributed by atoms with Crippen LogP contribution >= 0.6 is 0 Å². The predicted octanol–water partition coefficient (Wildman–Crippen LogP) is 6.05. The van der Waals surface area contributed by atoms with Crippen LogP contribution < -0.4 is 10.1 Å². The molecule has 2 aliphatic heterocycles. The number of halogens is 1. The molecule has 6 nitrogen and oxygen atoms in total. The van der Waals surface area contributed by atoms with Crippen molar-refractivity contribution in [2.45, 2.75) is 89.3 Å². The maximum absolute atomic E-state index is 13.7. The van der Waals surface area contributed by atoms with Gasteiger partial charge >= 0.3 is 0 Å². The van der Waals surface area contributed by atoms with Crippen LogP contribution in [-0.2, 0) is 16.1 Å². The van der Waals surface area contributed by atoms with E-state index in [2.05, 4.69) is 17.1 Å². The SMILES string of the molecule is CCCCN1C(=O)[C@H](CC2CCCCC2)NC(=O)C12CCN(Cc1ccc(Oc3ccc(F)cc3)cc1)CC2. The first-order valence-corrected chi connectivity index (χ1v) is 14.8.